The number of carbonyl (C=O) groups excluding carboxylic acids is 2. The number of amides is 2. The molecule has 5 nitrogen and oxygen atoms in total. The van der Waals surface area contributed by atoms with Gasteiger partial charge in [0.05, 0.1) is 0 Å². The molecule has 1 fully saturated rings. The molecule has 1 aliphatic heterocycles. The molecule has 2 aromatic rings. The van der Waals surface area contributed by atoms with Gasteiger partial charge in [0, 0.05) is 43.5 Å². The van der Waals surface area contributed by atoms with Crippen LogP contribution in [-0.4, -0.2) is 34.8 Å². The van der Waals surface area contributed by atoms with Crippen molar-refractivity contribution in [2.24, 2.45) is 5.92 Å². The van der Waals surface area contributed by atoms with E-state index in [1.165, 1.54) is 12.1 Å². The molecule has 0 unspecified atom stereocenters. The van der Waals surface area contributed by atoms with E-state index in [0.29, 0.717) is 43.0 Å². The molecule has 0 radical (unpaired) electrons. The van der Waals surface area contributed by atoms with Gasteiger partial charge in [0.1, 0.15) is 5.82 Å². The SMILES string of the molecule is Cc1cc(F)ccc1NC(=O)CC[C@H]1CCCN(C(=O)CCc2ccccn2)C1. The number of hydrogen-bond acceptors (Lipinski definition) is 3. The molecule has 2 amide bonds. The molecule has 154 valence electrons. The van der Waals surface area contributed by atoms with Crippen molar-refractivity contribution >= 4 is 17.5 Å². The van der Waals surface area contributed by atoms with Gasteiger partial charge in [-0.05, 0) is 74.4 Å². The van der Waals surface area contributed by atoms with Crippen molar-refractivity contribution in [3.8, 4) is 0 Å². The third-order valence-electron chi connectivity index (χ3n) is 5.44. The first-order valence-corrected chi connectivity index (χ1v) is 10.2. The van der Waals surface area contributed by atoms with E-state index in [-0.39, 0.29) is 17.6 Å². The molecule has 0 spiro atoms. The van der Waals surface area contributed by atoms with Crippen LogP contribution in [0.2, 0.25) is 0 Å². The van der Waals surface area contributed by atoms with E-state index in [4.69, 9.17) is 0 Å². The minimum absolute atomic E-state index is 0.0710. The highest BCUT2D eigenvalue weighted by atomic mass is 19.1. The van der Waals surface area contributed by atoms with Crippen LogP contribution in [-0.2, 0) is 16.0 Å². The maximum absolute atomic E-state index is 13.2. The lowest BCUT2D eigenvalue weighted by Gasteiger charge is -2.33. The fourth-order valence-electron chi connectivity index (χ4n) is 3.78. The van der Waals surface area contributed by atoms with Gasteiger partial charge in [0.15, 0.2) is 0 Å². The Hall–Kier alpha value is -2.76. The molecule has 1 aliphatic rings. The van der Waals surface area contributed by atoms with Crippen LogP contribution in [0, 0.1) is 18.7 Å². The number of hydrogen-bond donors (Lipinski definition) is 1. The van der Waals surface area contributed by atoms with Crippen molar-refractivity contribution in [2.75, 3.05) is 18.4 Å². The van der Waals surface area contributed by atoms with Crippen molar-refractivity contribution in [3.05, 3.63) is 59.7 Å². The van der Waals surface area contributed by atoms with E-state index < -0.39 is 0 Å². The fraction of sp³-hybridized carbons (Fsp3) is 0.435. The first-order valence-electron chi connectivity index (χ1n) is 10.2. The maximum atomic E-state index is 13.2. The van der Waals surface area contributed by atoms with E-state index in [1.807, 2.05) is 23.1 Å². The quantitative estimate of drug-likeness (QED) is 0.764. The van der Waals surface area contributed by atoms with Gasteiger partial charge in [-0.1, -0.05) is 6.07 Å². The number of nitrogens with one attached hydrogen (secondary N) is 1. The standard InChI is InChI=1S/C23H28FN3O2/c1-17-15-19(24)8-10-21(17)26-22(28)11-7-18-5-4-14-27(16-18)23(29)12-9-20-6-2-3-13-25-20/h2-3,6,8,10,13,15,18H,4-5,7,9,11-12,14,16H2,1H3,(H,26,28)/t18-/m1/s1. The van der Waals surface area contributed by atoms with Gasteiger partial charge < -0.3 is 10.2 Å². The fourth-order valence-corrected chi connectivity index (χ4v) is 3.78. The number of piperidine rings is 1. The molecule has 2 heterocycles. The van der Waals surface area contributed by atoms with E-state index in [9.17, 15) is 14.0 Å². The van der Waals surface area contributed by atoms with Crippen LogP contribution in [0.4, 0.5) is 10.1 Å². The van der Waals surface area contributed by atoms with Crippen LogP contribution in [0.25, 0.3) is 0 Å². The Morgan fingerprint density at radius 2 is 2.10 bits per heavy atom. The average Bonchev–Trinajstić information content (AvgIpc) is 2.73. The summed E-state index contributed by atoms with van der Waals surface area (Å²) in [6.07, 6.45) is 6.02. The number of carbonyl (C=O) groups is 2. The Labute approximate surface area is 171 Å². The summed E-state index contributed by atoms with van der Waals surface area (Å²) in [5, 5.41) is 2.86. The summed E-state index contributed by atoms with van der Waals surface area (Å²) in [5.74, 6) is 0.114. The first kappa shape index (κ1) is 21.0. The van der Waals surface area contributed by atoms with Crippen molar-refractivity contribution in [1.29, 1.82) is 0 Å². The maximum Gasteiger partial charge on any atom is 0.224 e. The van der Waals surface area contributed by atoms with E-state index in [0.717, 1.165) is 31.5 Å². The van der Waals surface area contributed by atoms with Crippen LogP contribution < -0.4 is 5.32 Å². The van der Waals surface area contributed by atoms with Gasteiger partial charge in [-0.3, -0.25) is 14.6 Å². The summed E-state index contributed by atoms with van der Waals surface area (Å²) in [4.78, 5) is 31.0. The number of nitrogens with zero attached hydrogens (tertiary/aromatic N) is 2. The lowest BCUT2D eigenvalue weighted by Crippen LogP contribution is -2.40. The molecular weight excluding hydrogens is 369 g/mol. The molecule has 1 N–H and O–H groups in total. The summed E-state index contributed by atoms with van der Waals surface area (Å²) in [5.41, 5.74) is 2.29. The number of aromatic nitrogens is 1. The van der Waals surface area contributed by atoms with Crippen molar-refractivity contribution in [1.82, 2.24) is 9.88 Å². The number of anilines is 1. The van der Waals surface area contributed by atoms with E-state index >= 15 is 0 Å². The second kappa shape index (κ2) is 10.1. The Balaban J connectivity index is 1.43. The number of rotatable bonds is 7. The topological polar surface area (TPSA) is 62.3 Å². The molecular formula is C23H28FN3O2. The van der Waals surface area contributed by atoms with Crippen LogP contribution >= 0.6 is 0 Å². The summed E-state index contributed by atoms with van der Waals surface area (Å²) in [7, 11) is 0. The van der Waals surface area contributed by atoms with Gasteiger partial charge in [0.25, 0.3) is 0 Å². The molecule has 0 saturated carbocycles. The molecule has 0 bridgehead atoms. The van der Waals surface area contributed by atoms with Gasteiger partial charge in [-0.25, -0.2) is 4.39 Å². The smallest absolute Gasteiger partial charge is 0.224 e. The number of halogens is 1. The second-order valence-electron chi connectivity index (χ2n) is 7.72. The predicted molar refractivity (Wildman–Crippen MR) is 111 cm³/mol. The van der Waals surface area contributed by atoms with Crippen molar-refractivity contribution in [2.45, 2.75) is 45.4 Å². The summed E-state index contributed by atoms with van der Waals surface area (Å²) in [6.45, 7) is 3.27. The van der Waals surface area contributed by atoms with E-state index in [2.05, 4.69) is 10.3 Å². The average molecular weight is 397 g/mol. The number of benzene rings is 1. The molecule has 1 aromatic carbocycles. The lowest BCUT2D eigenvalue weighted by atomic mass is 9.93. The van der Waals surface area contributed by atoms with Crippen LogP contribution in [0.3, 0.4) is 0 Å². The Bertz CT molecular complexity index is 841. The zero-order valence-corrected chi connectivity index (χ0v) is 16.9. The molecule has 1 saturated heterocycles. The van der Waals surface area contributed by atoms with Gasteiger partial charge in [-0.15, -0.1) is 0 Å². The molecule has 29 heavy (non-hydrogen) atoms. The predicted octanol–water partition coefficient (Wildman–Crippen LogP) is 4.12. The highest BCUT2D eigenvalue weighted by Crippen LogP contribution is 2.23. The minimum Gasteiger partial charge on any atom is -0.342 e. The molecule has 6 heteroatoms. The third kappa shape index (κ3) is 6.38. The summed E-state index contributed by atoms with van der Waals surface area (Å²) in [6, 6.07) is 10.1. The molecule has 1 aromatic heterocycles. The Kier molecular flexibility index (Phi) is 7.33. The third-order valence-corrected chi connectivity index (χ3v) is 5.44. The van der Waals surface area contributed by atoms with Crippen LogP contribution in [0.5, 0.6) is 0 Å². The van der Waals surface area contributed by atoms with Gasteiger partial charge >= 0.3 is 0 Å². The second-order valence-corrected chi connectivity index (χ2v) is 7.72. The highest BCUT2D eigenvalue weighted by molar-refractivity contribution is 5.91. The van der Waals surface area contributed by atoms with Crippen molar-refractivity contribution < 1.29 is 14.0 Å². The van der Waals surface area contributed by atoms with Gasteiger partial charge in [-0.2, -0.15) is 0 Å². The molecule has 0 aliphatic carbocycles. The number of aryl methyl sites for hydroxylation is 2. The number of pyridine rings is 1. The molecule has 3 rings (SSSR count). The Morgan fingerprint density at radius 3 is 2.86 bits per heavy atom. The monoisotopic (exact) mass is 397 g/mol. The Morgan fingerprint density at radius 1 is 1.24 bits per heavy atom. The summed E-state index contributed by atoms with van der Waals surface area (Å²) >= 11 is 0. The van der Waals surface area contributed by atoms with Gasteiger partial charge in [0.2, 0.25) is 11.8 Å². The summed E-state index contributed by atoms with van der Waals surface area (Å²) < 4.78 is 13.2. The zero-order chi connectivity index (χ0) is 20.6. The largest absolute Gasteiger partial charge is 0.342 e. The number of likely N-dealkylation sites (tertiary alicyclic amines) is 1. The highest BCUT2D eigenvalue weighted by Gasteiger charge is 2.24. The van der Waals surface area contributed by atoms with Crippen molar-refractivity contribution in [3.63, 3.8) is 0 Å². The zero-order valence-electron chi connectivity index (χ0n) is 16.9. The van der Waals surface area contributed by atoms with Crippen LogP contribution in [0.1, 0.15) is 43.4 Å². The van der Waals surface area contributed by atoms with Crippen LogP contribution in [0.15, 0.2) is 42.6 Å². The van der Waals surface area contributed by atoms with E-state index in [1.54, 1.807) is 19.2 Å². The minimum atomic E-state index is -0.310. The lowest BCUT2D eigenvalue weighted by molar-refractivity contribution is -0.133. The molecule has 1 atom stereocenters. The first-order chi connectivity index (χ1) is 14.0. The normalized spacial score (nSPS) is 16.5.